The molecule has 1 rings (SSSR count). The number of nitrogens with zero attached hydrogens (tertiary/aromatic N) is 1. The van der Waals surface area contributed by atoms with Crippen LogP contribution in [0.5, 0.6) is 11.5 Å². The van der Waals surface area contributed by atoms with Crippen LogP contribution in [0.15, 0.2) is 12.1 Å². The van der Waals surface area contributed by atoms with Crippen molar-refractivity contribution < 1.29 is 9.47 Å². The Morgan fingerprint density at radius 1 is 1.36 bits per heavy atom. The first-order chi connectivity index (χ1) is 6.72. The lowest BCUT2D eigenvalue weighted by Gasteiger charge is -2.11. The topological polar surface area (TPSA) is 42.2 Å². The molecular formula is C10H10ClNO2. The van der Waals surface area contributed by atoms with Gasteiger partial charge in [0.25, 0.3) is 0 Å². The first-order valence-electron chi connectivity index (χ1n) is 4.00. The summed E-state index contributed by atoms with van der Waals surface area (Å²) in [5, 5.41) is 9.14. The van der Waals surface area contributed by atoms with Crippen molar-refractivity contribution in [2.24, 2.45) is 0 Å². The van der Waals surface area contributed by atoms with Crippen LogP contribution in [0, 0.1) is 11.3 Å². The molecule has 0 amide bonds. The van der Waals surface area contributed by atoms with Gasteiger partial charge in [0.1, 0.15) is 0 Å². The molecule has 1 aromatic carbocycles. The molecule has 0 N–H and O–H groups in total. The number of hydrogen-bond donors (Lipinski definition) is 0. The Balaban J connectivity index is 3.25. The third-order valence-corrected chi connectivity index (χ3v) is 2.01. The lowest BCUT2D eigenvalue weighted by Crippen LogP contribution is -1.95. The Kier molecular flexibility index (Phi) is 3.61. The van der Waals surface area contributed by atoms with Crippen molar-refractivity contribution in [1.29, 1.82) is 5.26 Å². The third-order valence-electron chi connectivity index (χ3n) is 1.79. The monoisotopic (exact) mass is 211 g/mol. The van der Waals surface area contributed by atoms with Crippen molar-refractivity contribution in [3.63, 3.8) is 0 Å². The number of methoxy groups -OCH3 is 2. The van der Waals surface area contributed by atoms with Gasteiger partial charge in [-0.1, -0.05) is 11.6 Å². The van der Waals surface area contributed by atoms with E-state index < -0.39 is 0 Å². The maximum Gasteiger partial charge on any atom is 0.165 e. The van der Waals surface area contributed by atoms with Gasteiger partial charge in [0.2, 0.25) is 0 Å². The van der Waals surface area contributed by atoms with Gasteiger partial charge >= 0.3 is 0 Å². The van der Waals surface area contributed by atoms with E-state index >= 15 is 0 Å². The number of hydrogen-bond acceptors (Lipinski definition) is 3. The van der Waals surface area contributed by atoms with Crippen molar-refractivity contribution in [1.82, 2.24) is 0 Å². The summed E-state index contributed by atoms with van der Waals surface area (Å²) >= 11 is 5.85. The maximum absolute atomic E-state index is 8.60. The van der Waals surface area contributed by atoms with Crippen LogP contribution < -0.4 is 9.47 Å². The zero-order valence-electron chi connectivity index (χ0n) is 8.00. The van der Waals surface area contributed by atoms with Gasteiger partial charge in [0.15, 0.2) is 11.5 Å². The molecule has 14 heavy (non-hydrogen) atoms. The minimum absolute atomic E-state index is 0.250. The van der Waals surface area contributed by atoms with Crippen molar-refractivity contribution in [3.8, 4) is 17.6 Å². The lowest BCUT2D eigenvalue weighted by molar-refractivity contribution is 0.352. The maximum atomic E-state index is 8.60. The van der Waals surface area contributed by atoms with E-state index in [9.17, 15) is 0 Å². The van der Waals surface area contributed by atoms with Crippen LogP contribution in [0.2, 0.25) is 5.02 Å². The highest BCUT2D eigenvalue weighted by atomic mass is 35.5. The van der Waals surface area contributed by atoms with Gasteiger partial charge in [-0.05, 0) is 6.07 Å². The van der Waals surface area contributed by atoms with Crippen LogP contribution >= 0.6 is 11.6 Å². The van der Waals surface area contributed by atoms with E-state index in [4.69, 9.17) is 26.3 Å². The molecule has 0 spiro atoms. The van der Waals surface area contributed by atoms with Crippen LogP contribution in [-0.4, -0.2) is 14.2 Å². The average Bonchev–Trinajstić information content (AvgIpc) is 2.17. The summed E-state index contributed by atoms with van der Waals surface area (Å²) in [6.45, 7) is 0. The molecule has 0 aliphatic heterocycles. The normalized spacial score (nSPS) is 9.29. The molecule has 3 nitrogen and oxygen atoms in total. The number of ether oxygens (including phenoxy) is 2. The van der Waals surface area contributed by atoms with Crippen molar-refractivity contribution >= 4 is 11.6 Å². The van der Waals surface area contributed by atoms with Crippen LogP contribution in [-0.2, 0) is 6.42 Å². The van der Waals surface area contributed by atoms with E-state index in [1.807, 2.05) is 6.07 Å². The summed E-state index contributed by atoms with van der Waals surface area (Å²) in [6, 6.07) is 5.40. The van der Waals surface area contributed by atoms with Crippen molar-refractivity contribution in [3.05, 3.63) is 22.7 Å². The molecule has 0 saturated heterocycles. The van der Waals surface area contributed by atoms with Gasteiger partial charge in [0, 0.05) is 16.7 Å². The molecule has 0 unspecified atom stereocenters. The third kappa shape index (κ3) is 2.09. The van der Waals surface area contributed by atoms with Crippen molar-refractivity contribution in [2.45, 2.75) is 6.42 Å². The first-order valence-corrected chi connectivity index (χ1v) is 4.38. The lowest BCUT2D eigenvalue weighted by atomic mass is 10.1. The summed E-state index contributed by atoms with van der Waals surface area (Å²) in [5.41, 5.74) is 0.736. The number of rotatable bonds is 3. The highest BCUT2D eigenvalue weighted by Crippen LogP contribution is 2.34. The molecular weight excluding hydrogens is 202 g/mol. The van der Waals surface area contributed by atoms with Gasteiger partial charge in [-0.2, -0.15) is 5.26 Å². The summed E-state index contributed by atoms with van der Waals surface area (Å²) in [7, 11) is 3.07. The highest BCUT2D eigenvalue weighted by molar-refractivity contribution is 6.30. The van der Waals surface area contributed by atoms with Crippen molar-refractivity contribution in [2.75, 3.05) is 14.2 Å². The Labute approximate surface area is 87.8 Å². The summed E-state index contributed by atoms with van der Waals surface area (Å²) in [6.07, 6.45) is 0.250. The van der Waals surface area contributed by atoms with Crippen LogP contribution in [0.1, 0.15) is 5.56 Å². The minimum Gasteiger partial charge on any atom is -0.493 e. The molecule has 0 saturated carbocycles. The second kappa shape index (κ2) is 4.73. The molecule has 74 valence electrons. The molecule has 0 fully saturated rings. The summed E-state index contributed by atoms with van der Waals surface area (Å²) in [5.74, 6) is 1.11. The second-order valence-electron chi connectivity index (χ2n) is 2.64. The molecule has 1 aromatic rings. The smallest absolute Gasteiger partial charge is 0.165 e. The number of halogens is 1. The van der Waals surface area contributed by atoms with Gasteiger partial charge in [-0.25, -0.2) is 0 Å². The summed E-state index contributed by atoms with van der Waals surface area (Å²) in [4.78, 5) is 0. The zero-order valence-corrected chi connectivity index (χ0v) is 8.76. The van der Waals surface area contributed by atoms with Gasteiger partial charge in [-0.15, -0.1) is 0 Å². The quantitative estimate of drug-likeness (QED) is 0.771. The fourth-order valence-electron chi connectivity index (χ4n) is 1.22. The first kappa shape index (κ1) is 10.7. The van der Waals surface area contributed by atoms with E-state index in [2.05, 4.69) is 0 Å². The van der Waals surface area contributed by atoms with E-state index in [0.29, 0.717) is 16.5 Å². The standard InChI is InChI=1S/C10H10ClNO2/c1-13-9-6-8(11)5-7(3-4-12)10(9)14-2/h5-6H,3H2,1-2H3. The molecule has 0 aliphatic rings. The van der Waals surface area contributed by atoms with E-state index in [0.717, 1.165) is 5.56 Å². The Morgan fingerprint density at radius 2 is 2.07 bits per heavy atom. The Morgan fingerprint density at radius 3 is 2.57 bits per heavy atom. The highest BCUT2D eigenvalue weighted by Gasteiger charge is 2.11. The van der Waals surface area contributed by atoms with E-state index in [-0.39, 0.29) is 6.42 Å². The van der Waals surface area contributed by atoms with Crippen LogP contribution in [0.3, 0.4) is 0 Å². The fraction of sp³-hybridized carbons (Fsp3) is 0.300. The zero-order chi connectivity index (χ0) is 10.6. The van der Waals surface area contributed by atoms with Gasteiger partial charge in [0.05, 0.1) is 26.7 Å². The SMILES string of the molecule is COc1cc(Cl)cc(CC#N)c1OC. The molecule has 0 radical (unpaired) electrons. The van der Waals surface area contributed by atoms with E-state index in [1.54, 1.807) is 12.1 Å². The Bertz CT molecular complexity index is 371. The predicted octanol–water partition coefficient (Wildman–Crippen LogP) is 2.42. The number of benzene rings is 1. The minimum atomic E-state index is 0.250. The molecule has 0 heterocycles. The van der Waals surface area contributed by atoms with Gasteiger partial charge in [-0.3, -0.25) is 0 Å². The fourth-order valence-corrected chi connectivity index (χ4v) is 1.45. The largest absolute Gasteiger partial charge is 0.493 e. The van der Waals surface area contributed by atoms with Gasteiger partial charge < -0.3 is 9.47 Å². The molecule has 0 aromatic heterocycles. The summed E-state index contributed by atoms with van der Waals surface area (Å²) < 4.78 is 10.2. The molecule has 0 bridgehead atoms. The molecule has 0 aliphatic carbocycles. The molecule has 0 atom stereocenters. The Hall–Kier alpha value is -1.40. The predicted molar refractivity (Wildman–Crippen MR) is 53.9 cm³/mol. The van der Waals surface area contributed by atoms with Crippen LogP contribution in [0.4, 0.5) is 0 Å². The van der Waals surface area contributed by atoms with E-state index in [1.165, 1.54) is 14.2 Å². The number of nitriles is 1. The van der Waals surface area contributed by atoms with Crippen LogP contribution in [0.25, 0.3) is 0 Å². The molecule has 4 heteroatoms. The second-order valence-corrected chi connectivity index (χ2v) is 3.07. The average molecular weight is 212 g/mol.